The fourth-order valence-corrected chi connectivity index (χ4v) is 1.36. The lowest BCUT2D eigenvalue weighted by Gasteiger charge is -2.03. The van der Waals surface area contributed by atoms with E-state index in [0.29, 0.717) is 16.6 Å². The van der Waals surface area contributed by atoms with Crippen LogP contribution in [0.4, 0.5) is 0 Å². The van der Waals surface area contributed by atoms with Gasteiger partial charge in [0.15, 0.2) is 5.65 Å². The molecule has 2 aromatic heterocycles. The Bertz CT molecular complexity index is 435. The Morgan fingerprint density at radius 1 is 1.38 bits per heavy atom. The highest BCUT2D eigenvalue weighted by molar-refractivity contribution is 7.80. The van der Waals surface area contributed by atoms with E-state index in [1.807, 2.05) is 13.8 Å². The third-order valence-corrected chi connectivity index (χ3v) is 2.12. The Morgan fingerprint density at radius 3 is 2.85 bits per heavy atom. The lowest BCUT2D eigenvalue weighted by Crippen LogP contribution is -1.98. The molecule has 0 radical (unpaired) electrons. The molecule has 0 fully saturated rings. The van der Waals surface area contributed by atoms with Gasteiger partial charge in [-0.25, -0.2) is 15.0 Å². The second kappa shape index (κ2) is 2.99. The zero-order valence-electron chi connectivity index (χ0n) is 7.44. The molecule has 68 valence electrons. The quantitative estimate of drug-likeness (QED) is 0.537. The average molecular weight is 194 g/mol. The summed E-state index contributed by atoms with van der Waals surface area (Å²) in [4.78, 5) is 15.6. The number of H-pyrrole nitrogens is 1. The van der Waals surface area contributed by atoms with Crippen molar-refractivity contribution >= 4 is 23.8 Å². The van der Waals surface area contributed by atoms with E-state index in [2.05, 4.69) is 32.6 Å². The maximum atomic E-state index is 4.29. The van der Waals surface area contributed by atoms with Gasteiger partial charge in [-0.2, -0.15) is 0 Å². The van der Waals surface area contributed by atoms with Gasteiger partial charge in [-0.1, -0.05) is 13.8 Å². The van der Waals surface area contributed by atoms with Crippen LogP contribution in [0.3, 0.4) is 0 Å². The van der Waals surface area contributed by atoms with Gasteiger partial charge in [-0.15, -0.1) is 12.6 Å². The van der Waals surface area contributed by atoms with Gasteiger partial charge in [-0.05, 0) is 0 Å². The summed E-state index contributed by atoms with van der Waals surface area (Å²) in [5, 5.41) is 0.659. The predicted molar refractivity (Wildman–Crippen MR) is 53.0 cm³/mol. The van der Waals surface area contributed by atoms with Gasteiger partial charge in [0.1, 0.15) is 16.4 Å². The van der Waals surface area contributed by atoms with Crippen molar-refractivity contribution in [2.24, 2.45) is 0 Å². The fraction of sp³-hybridized carbons (Fsp3) is 0.375. The number of fused-ring (bicyclic) bond motifs is 1. The van der Waals surface area contributed by atoms with E-state index >= 15 is 0 Å². The van der Waals surface area contributed by atoms with Crippen molar-refractivity contribution in [3.63, 3.8) is 0 Å². The maximum Gasteiger partial charge on any atom is 0.182 e. The van der Waals surface area contributed by atoms with Gasteiger partial charge in [-0.3, -0.25) is 0 Å². The minimum Gasteiger partial charge on any atom is -0.341 e. The van der Waals surface area contributed by atoms with E-state index in [1.165, 1.54) is 0 Å². The molecule has 13 heavy (non-hydrogen) atoms. The first-order chi connectivity index (χ1) is 6.18. The van der Waals surface area contributed by atoms with Crippen LogP contribution in [-0.2, 0) is 0 Å². The molecule has 2 heterocycles. The highest BCUT2D eigenvalue weighted by Crippen LogP contribution is 2.18. The number of hydrogen-bond acceptors (Lipinski definition) is 4. The van der Waals surface area contributed by atoms with Gasteiger partial charge in [0, 0.05) is 5.92 Å². The fourth-order valence-electron chi connectivity index (χ4n) is 1.09. The topological polar surface area (TPSA) is 54.5 Å². The molecule has 0 amide bonds. The molecule has 0 unspecified atom stereocenters. The van der Waals surface area contributed by atoms with Crippen molar-refractivity contribution in [1.29, 1.82) is 0 Å². The second-order valence-electron chi connectivity index (χ2n) is 3.16. The minimum atomic E-state index is 0.298. The van der Waals surface area contributed by atoms with Crippen LogP contribution in [-0.4, -0.2) is 19.9 Å². The van der Waals surface area contributed by atoms with Gasteiger partial charge < -0.3 is 4.98 Å². The molecule has 2 aromatic rings. The summed E-state index contributed by atoms with van der Waals surface area (Å²) in [7, 11) is 0. The standard InChI is InChI=1S/C8H10N4S/c1-4(2)6-11-7-5(8(13)12-6)9-3-10-7/h3-4H,1-2H3,(H2,9,10,11,12,13). The number of nitrogens with one attached hydrogen (secondary N) is 1. The Balaban J connectivity index is 2.70. The molecule has 1 N–H and O–H groups in total. The Hall–Kier alpha value is -1.10. The molecular weight excluding hydrogens is 184 g/mol. The predicted octanol–water partition coefficient (Wildman–Crippen LogP) is 1.76. The van der Waals surface area contributed by atoms with E-state index < -0.39 is 0 Å². The zero-order valence-corrected chi connectivity index (χ0v) is 8.34. The summed E-state index contributed by atoms with van der Waals surface area (Å²) < 4.78 is 0. The van der Waals surface area contributed by atoms with Gasteiger partial charge in [0.05, 0.1) is 6.33 Å². The first-order valence-electron chi connectivity index (χ1n) is 4.08. The lowest BCUT2D eigenvalue weighted by atomic mass is 10.2. The summed E-state index contributed by atoms with van der Waals surface area (Å²) in [6.07, 6.45) is 1.60. The summed E-state index contributed by atoms with van der Waals surface area (Å²) in [6, 6.07) is 0. The van der Waals surface area contributed by atoms with E-state index in [-0.39, 0.29) is 0 Å². The molecule has 0 spiro atoms. The molecule has 4 nitrogen and oxygen atoms in total. The van der Waals surface area contributed by atoms with Crippen LogP contribution < -0.4 is 0 Å². The molecule has 0 aromatic carbocycles. The van der Waals surface area contributed by atoms with E-state index in [4.69, 9.17) is 0 Å². The SMILES string of the molecule is CC(C)c1nc(S)c2[nH]cnc2n1. The molecule has 2 rings (SSSR count). The molecule has 0 bridgehead atoms. The molecule has 0 aliphatic rings. The Kier molecular flexibility index (Phi) is 1.95. The number of thiol groups is 1. The van der Waals surface area contributed by atoms with Crippen LogP contribution in [0.2, 0.25) is 0 Å². The van der Waals surface area contributed by atoms with Crippen molar-refractivity contribution in [2.45, 2.75) is 24.8 Å². The molecule has 0 atom stereocenters. The molecule has 0 aliphatic heterocycles. The number of aromatic amines is 1. The number of hydrogen-bond donors (Lipinski definition) is 2. The third kappa shape index (κ3) is 1.39. The average Bonchev–Trinajstić information content (AvgIpc) is 2.51. The largest absolute Gasteiger partial charge is 0.341 e. The van der Waals surface area contributed by atoms with Gasteiger partial charge in [0.2, 0.25) is 0 Å². The summed E-state index contributed by atoms with van der Waals surface area (Å²) in [5.41, 5.74) is 1.48. The van der Waals surface area contributed by atoms with Gasteiger partial charge in [0.25, 0.3) is 0 Å². The molecular formula is C8H10N4S. The zero-order chi connectivity index (χ0) is 9.42. The molecule has 5 heteroatoms. The molecule has 0 saturated heterocycles. The summed E-state index contributed by atoms with van der Waals surface area (Å²) >= 11 is 4.26. The first kappa shape index (κ1) is 8.50. The normalized spacial score (nSPS) is 11.4. The molecule has 0 aliphatic carbocycles. The first-order valence-corrected chi connectivity index (χ1v) is 4.53. The van der Waals surface area contributed by atoms with Crippen molar-refractivity contribution < 1.29 is 0 Å². The van der Waals surface area contributed by atoms with Crippen LogP contribution in [0.15, 0.2) is 11.4 Å². The number of nitrogens with zero attached hydrogens (tertiary/aromatic N) is 3. The van der Waals surface area contributed by atoms with E-state index in [9.17, 15) is 0 Å². The maximum absolute atomic E-state index is 4.29. The number of rotatable bonds is 1. The minimum absolute atomic E-state index is 0.298. The van der Waals surface area contributed by atoms with Crippen molar-refractivity contribution in [1.82, 2.24) is 19.9 Å². The van der Waals surface area contributed by atoms with Gasteiger partial charge >= 0.3 is 0 Å². The second-order valence-corrected chi connectivity index (χ2v) is 3.58. The van der Waals surface area contributed by atoms with Crippen LogP contribution in [0.1, 0.15) is 25.6 Å². The van der Waals surface area contributed by atoms with Crippen LogP contribution >= 0.6 is 12.6 Å². The van der Waals surface area contributed by atoms with E-state index in [1.54, 1.807) is 6.33 Å². The van der Waals surface area contributed by atoms with E-state index in [0.717, 1.165) is 11.3 Å². The monoisotopic (exact) mass is 194 g/mol. The van der Waals surface area contributed by atoms with Crippen molar-refractivity contribution in [2.75, 3.05) is 0 Å². The Labute approximate surface area is 81.2 Å². The summed E-state index contributed by atoms with van der Waals surface area (Å²) in [6.45, 7) is 4.09. The van der Waals surface area contributed by atoms with Crippen molar-refractivity contribution in [3.05, 3.63) is 12.2 Å². The highest BCUT2D eigenvalue weighted by Gasteiger charge is 2.09. The highest BCUT2D eigenvalue weighted by atomic mass is 32.1. The lowest BCUT2D eigenvalue weighted by molar-refractivity contribution is 0.764. The van der Waals surface area contributed by atoms with Crippen LogP contribution in [0, 0.1) is 0 Å². The number of imidazole rings is 1. The third-order valence-electron chi connectivity index (χ3n) is 1.80. The van der Waals surface area contributed by atoms with Crippen LogP contribution in [0.25, 0.3) is 11.2 Å². The smallest absolute Gasteiger partial charge is 0.182 e. The van der Waals surface area contributed by atoms with Crippen LogP contribution in [0.5, 0.6) is 0 Å². The summed E-state index contributed by atoms with van der Waals surface area (Å²) in [5.74, 6) is 1.08. The number of aromatic nitrogens is 4. The Morgan fingerprint density at radius 2 is 2.15 bits per heavy atom. The van der Waals surface area contributed by atoms with Crippen molar-refractivity contribution in [3.8, 4) is 0 Å². The molecule has 0 saturated carbocycles.